The lowest BCUT2D eigenvalue weighted by Gasteiger charge is -2.05. The maximum absolute atomic E-state index is 9.89. The van der Waals surface area contributed by atoms with Crippen molar-refractivity contribution in [1.82, 2.24) is 0 Å². The smallest absolute Gasteiger partial charge is 0.320 e. The third kappa shape index (κ3) is 30.3. The molecule has 0 saturated carbocycles. The van der Waals surface area contributed by atoms with E-state index < -0.39 is 26.8 Å². The Hall–Kier alpha value is 4.27. The zero-order valence-electron chi connectivity index (χ0n) is 12.1. The summed E-state index contributed by atoms with van der Waals surface area (Å²) in [6.45, 7) is 0. The molecule has 0 aliphatic heterocycles. The normalized spacial score (nSPS) is 15.9. The minimum Gasteiger partial charge on any atom is -0.320 e. The Bertz CT molecular complexity index is 282. The van der Waals surface area contributed by atoms with Gasteiger partial charge in [0, 0.05) is 9.47 Å². The zero-order chi connectivity index (χ0) is 19.7. The molecule has 0 bridgehead atoms. The molecule has 162 valence electrons. The van der Waals surface area contributed by atoms with Crippen LogP contribution in [-0.4, -0.2) is 0 Å². The largest absolute Gasteiger partial charge is 0.332 e. The van der Waals surface area contributed by atoms with Crippen molar-refractivity contribution in [1.29, 1.82) is 0 Å². The van der Waals surface area contributed by atoms with Crippen molar-refractivity contribution in [3.8, 4) is 0 Å². The van der Waals surface area contributed by atoms with Crippen molar-refractivity contribution in [2.24, 2.45) is 0 Å². The van der Waals surface area contributed by atoms with Crippen LogP contribution in [0.25, 0.3) is 0 Å². The van der Waals surface area contributed by atoms with Crippen LogP contribution in [-0.2, 0) is 67.1 Å². The fourth-order valence-corrected chi connectivity index (χ4v) is 6.36. The molecule has 27 heteroatoms. The SMILES string of the molecule is O=POPOPOPOPOPOPOOOOPOPOPOPOP. The summed E-state index contributed by atoms with van der Waals surface area (Å²) < 4.78 is 67.0. The van der Waals surface area contributed by atoms with Crippen LogP contribution in [0.2, 0.25) is 0 Å². The summed E-state index contributed by atoms with van der Waals surface area (Å²) in [6, 6.07) is 0. The molecule has 0 aliphatic carbocycles. The molecule has 0 fully saturated rings. The van der Waals surface area contributed by atoms with E-state index in [1.54, 1.807) is 0 Å². The molecule has 0 aliphatic rings. The minimum absolute atomic E-state index is 0.113. The average Bonchev–Trinajstić information content (AvgIpc) is 2.68. The molecule has 0 aromatic heterocycles. The predicted octanol–water partition coefficient (Wildman–Crippen LogP) is 6.05. The van der Waals surface area contributed by atoms with E-state index in [4.69, 9.17) is 34.5 Å². The Morgan fingerprint density at radius 2 is 0.889 bits per heavy atom. The van der Waals surface area contributed by atoms with Gasteiger partial charge in [0.15, 0.2) is 72.3 Å². The molecule has 27 heavy (non-hydrogen) atoms. The van der Waals surface area contributed by atoms with Crippen LogP contribution in [0.3, 0.4) is 0 Å². The molecule has 0 spiro atoms. The predicted molar refractivity (Wildman–Crippen MR) is 116 cm³/mol. The maximum Gasteiger partial charge on any atom is 0.332 e. The van der Waals surface area contributed by atoms with Crippen molar-refractivity contribution in [3.63, 3.8) is 0 Å². The average molecular weight is 624 g/mol. The van der Waals surface area contributed by atoms with Crippen LogP contribution in [0, 0.1) is 0 Å². The van der Waals surface area contributed by atoms with Gasteiger partial charge >= 0.3 is 8.69 Å². The zero-order valence-corrected chi connectivity index (χ0v) is 24.2. The van der Waals surface area contributed by atoms with Gasteiger partial charge in [-0.1, -0.05) is 0 Å². The lowest BCUT2D eigenvalue weighted by molar-refractivity contribution is -0.575. The molecule has 0 amide bonds. The molecular formula is H12O15P12. The van der Waals surface area contributed by atoms with Crippen molar-refractivity contribution in [3.05, 3.63) is 0 Å². The molecule has 0 aromatic rings. The topological polar surface area (TPSA) is 146 Å². The Morgan fingerprint density at radius 1 is 0.519 bits per heavy atom. The Balaban J connectivity index is 2.96. The van der Waals surface area contributed by atoms with Crippen LogP contribution in [0.5, 0.6) is 0 Å². The van der Waals surface area contributed by atoms with E-state index >= 15 is 0 Å². The van der Waals surface area contributed by atoms with E-state index in [1.807, 2.05) is 9.47 Å². The van der Waals surface area contributed by atoms with Gasteiger partial charge in [0.25, 0.3) is 0 Å². The van der Waals surface area contributed by atoms with Crippen molar-refractivity contribution in [2.75, 3.05) is 0 Å². The summed E-state index contributed by atoms with van der Waals surface area (Å²) in [4.78, 5) is 0. The number of hydrogen-bond acceptors (Lipinski definition) is 15. The summed E-state index contributed by atoms with van der Waals surface area (Å²) in [6.07, 6.45) is 0. The monoisotopic (exact) mass is 624 g/mol. The third-order valence-corrected chi connectivity index (χ3v) is 7.54. The molecule has 0 aromatic carbocycles. The standard InChI is InChI=1S/H12O15P12/c1-17-7-21-11-25-14-27-15-26-13-23-9-19-5-3-2-4-18-8-22-12-24-10-20-6-16/h18-27H,16H2. The summed E-state index contributed by atoms with van der Waals surface area (Å²) in [5.74, 6) is 0. The quantitative estimate of drug-likeness (QED) is 0.0532. The van der Waals surface area contributed by atoms with Gasteiger partial charge in [0.1, 0.15) is 0 Å². The Morgan fingerprint density at radius 3 is 1.30 bits per heavy atom. The van der Waals surface area contributed by atoms with E-state index in [9.17, 15) is 4.57 Å². The first-order valence-corrected chi connectivity index (χ1v) is 14.6. The number of hydrogen-bond donors (Lipinski definition) is 0. The van der Waals surface area contributed by atoms with Gasteiger partial charge in [0.2, 0.25) is 18.1 Å². The molecular weight excluding hydrogens is 612 g/mol. The highest BCUT2D eigenvalue weighted by atomic mass is 31.2. The first kappa shape index (κ1) is 31.3. The molecule has 0 heterocycles. The first-order chi connectivity index (χ1) is 13.4. The molecule has 0 radical (unpaired) electrons. The minimum atomic E-state index is -0.511. The fraction of sp³-hybridized carbons (Fsp3) is 0. The third-order valence-electron chi connectivity index (χ3n) is 0.953. The van der Waals surface area contributed by atoms with E-state index in [2.05, 4.69) is 28.0 Å². The molecule has 0 N–H and O–H groups in total. The van der Waals surface area contributed by atoms with Crippen LogP contribution >= 0.6 is 108 Å². The fourth-order valence-electron chi connectivity index (χ4n) is 0.409. The van der Waals surface area contributed by atoms with Gasteiger partial charge in [-0.15, -0.1) is 0 Å². The molecule has 15 nitrogen and oxygen atoms in total. The van der Waals surface area contributed by atoms with Crippen molar-refractivity contribution < 1.29 is 67.1 Å². The van der Waals surface area contributed by atoms with Gasteiger partial charge < -0.3 is 4.31 Å². The highest BCUT2D eigenvalue weighted by molar-refractivity contribution is 7.53. The van der Waals surface area contributed by atoms with E-state index in [1.165, 1.54) is 0 Å². The summed E-state index contributed by atoms with van der Waals surface area (Å²) >= 11 is 0. The van der Waals surface area contributed by atoms with Crippen LogP contribution in [0.1, 0.15) is 0 Å². The summed E-state index contributed by atoms with van der Waals surface area (Å²) in [5, 5.41) is 8.33. The van der Waals surface area contributed by atoms with Crippen molar-refractivity contribution in [2.45, 2.75) is 0 Å². The second kappa shape index (κ2) is 30.3. The summed E-state index contributed by atoms with van der Waals surface area (Å²) in [7, 11) is -1.53. The van der Waals surface area contributed by atoms with Gasteiger partial charge in [-0.25, -0.2) is 8.88 Å². The van der Waals surface area contributed by atoms with Crippen LogP contribution in [0.15, 0.2) is 0 Å². The van der Waals surface area contributed by atoms with E-state index in [-0.39, 0.29) is 72.3 Å². The van der Waals surface area contributed by atoms with Gasteiger partial charge in [-0.3, -0.25) is 34.5 Å². The highest BCUT2D eigenvalue weighted by Crippen LogP contribution is 2.43. The molecule has 11 unspecified atom stereocenters. The van der Waals surface area contributed by atoms with E-state index in [0.29, 0.717) is 0 Å². The van der Waals surface area contributed by atoms with Crippen molar-refractivity contribution >= 4 is 108 Å². The first-order valence-electron chi connectivity index (χ1n) is 5.18. The molecule has 0 rings (SSSR count). The van der Waals surface area contributed by atoms with Crippen LogP contribution < -0.4 is 0 Å². The van der Waals surface area contributed by atoms with E-state index in [0.717, 1.165) is 0 Å². The number of rotatable bonds is 24. The Labute approximate surface area is 175 Å². The Kier molecular flexibility index (Phi) is 35.1. The van der Waals surface area contributed by atoms with Gasteiger partial charge in [-0.05, 0) is 10.1 Å². The highest BCUT2D eigenvalue weighted by Gasteiger charge is 1.97. The molecule has 11 atom stereocenters. The van der Waals surface area contributed by atoms with Crippen LogP contribution in [0.4, 0.5) is 0 Å². The van der Waals surface area contributed by atoms with Gasteiger partial charge in [-0.2, -0.15) is 9.35 Å². The maximum atomic E-state index is 9.89. The lowest BCUT2D eigenvalue weighted by Crippen LogP contribution is -1.86. The lowest BCUT2D eigenvalue weighted by atomic mass is 14.4. The van der Waals surface area contributed by atoms with Gasteiger partial charge in [0.05, 0.1) is 0 Å². The second-order valence-corrected chi connectivity index (χ2v) is 12.6. The molecule has 0 saturated heterocycles. The second-order valence-electron chi connectivity index (χ2n) is 2.24. The summed E-state index contributed by atoms with van der Waals surface area (Å²) in [5.41, 5.74) is 0.